The monoisotopic (exact) mass is 189 g/mol. The summed E-state index contributed by atoms with van der Waals surface area (Å²) in [6.45, 7) is 2.02. The van der Waals surface area contributed by atoms with E-state index in [1.165, 1.54) is 0 Å². The van der Waals surface area contributed by atoms with Crippen molar-refractivity contribution in [2.75, 3.05) is 19.0 Å². The lowest BCUT2D eigenvalue weighted by atomic mass is 10.0. The first-order valence-electron chi connectivity index (χ1n) is 4.66. The SMILES string of the molecule is CC(CC#N)c1cccc(N(C)C)n1. The van der Waals surface area contributed by atoms with Gasteiger partial charge >= 0.3 is 0 Å². The van der Waals surface area contributed by atoms with Crippen LogP contribution in [-0.4, -0.2) is 19.1 Å². The summed E-state index contributed by atoms with van der Waals surface area (Å²) < 4.78 is 0. The Bertz CT molecular complexity index is 339. The normalized spacial score (nSPS) is 11.9. The molecule has 0 fully saturated rings. The summed E-state index contributed by atoms with van der Waals surface area (Å²) in [6, 6.07) is 8.07. The van der Waals surface area contributed by atoms with Gasteiger partial charge in [0.25, 0.3) is 0 Å². The first-order chi connectivity index (χ1) is 6.65. The molecule has 0 saturated carbocycles. The van der Waals surface area contributed by atoms with Crippen molar-refractivity contribution >= 4 is 5.82 Å². The average molecular weight is 189 g/mol. The van der Waals surface area contributed by atoms with Crippen molar-refractivity contribution in [3.8, 4) is 6.07 Å². The Morgan fingerprint density at radius 3 is 2.79 bits per heavy atom. The number of aromatic nitrogens is 1. The van der Waals surface area contributed by atoms with Crippen molar-refractivity contribution in [2.45, 2.75) is 19.3 Å². The summed E-state index contributed by atoms with van der Waals surface area (Å²) in [7, 11) is 3.92. The van der Waals surface area contributed by atoms with E-state index >= 15 is 0 Å². The lowest BCUT2D eigenvalue weighted by Crippen LogP contribution is -2.11. The van der Waals surface area contributed by atoms with Crippen LogP contribution < -0.4 is 4.90 Å². The molecule has 1 unspecified atom stereocenters. The quantitative estimate of drug-likeness (QED) is 0.731. The third-order valence-corrected chi connectivity index (χ3v) is 2.12. The summed E-state index contributed by atoms with van der Waals surface area (Å²) in [5, 5.41) is 8.59. The first-order valence-corrected chi connectivity index (χ1v) is 4.66. The van der Waals surface area contributed by atoms with E-state index in [1.807, 2.05) is 44.1 Å². The Labute approximate surface area is 85.0 Å². The van der Waals surface area contributed by atoms with E-state index in [0.717, 1.165) is 11.5 Å². The molecular formula is C11H15N3. The van der Waals surface area contributed by atoms with Crippen LogP contribution in [0.25, 0.3) is 0 Å². The van der Waals surface area contributed by atoms with Gasteiger partial charge in [0.05, 0.1) is 6.07 Å². The van der Waals surface area contributed by atoms with Crippen LogP contribution in [0.3, 0.4) is 0 Å². The molecule has 0 radical (unpaired) electrons. The molecule has 0 amide bonds. The highest BCUT2D eigenvalue weighted by Gasteiger charge is 2.07. The van der Waals surface area contributed by atoms with Crippen molar-refractivity contribution < 1.29 is 0 Å². The zero-order chi connectivity index (χ0) is 10.6. The maximum Gasteiger partial charge on any atom is 0.128 e. The smallest absolute Gasteiger partial charge is 0.128 e. The molecule has 74 valence electrons. The van der Waals surface area contributed by atoms with Crippen LogP contribution in [0.5, 0.6) is 0 Å². The molecule has 1 aromatic rings. The molecule has 0 saturated heterocycles. The molecule has 0 spiro atoms. The van der Waals surface area contributed by atoms with Crippen molar-refractivity contribution in [1.82, 2.24) is 4.98 Å². The summed E-state index contributed by atoms with van der Waals surface area (Å²) in [4.78, 5) is 6.43. The summed E-state index contributed by atoms with van der Waals surface area (Å²) in [5.41, 5.74) is 0.984. The van der Waals surface area contributed by atoms with E-state index in [0.29, 0.717) is 6.42 Å². The highest BCUT2D eigenvalue weighted by Crippen LogP contribution is 2.18. The Kier molecular flexibility index (Phi) is 3.47. The summed E-state index contributed by atoms with van der Waals surface area (Å²) >= 11 is 0. The van der Waals surface area contributed by atoms with Crippen LogP contribution in [0, 0.1) is 11.3 Å². The third kappa shape index (κ3) is 2.46. The standard InChI is InChI=1S/C11H15N3/c1-9(7-8-12)10-5-4-6-11(13-10)14(2)3/h4-6,9H,7H2,1-3H3. The minimum atomic E-state index is 0.208. The fourth-order valence-corrected chi connectivity index (χ4v) is 1.20. The van der Waals surface area contributed by atoms with Gasteiger partial charge in [-0.1, -0.05) is 13.0 Å². The fraction of sp³-hybridized carbons (Fsp3) is 0.455. The molecular weight excluding hydrogens is 174 g/mol. The minimum absolute atomic E-state index is 0.208. The molecule has 3 heteroatoms. The molecule has 1 aromatic heterocycles. The second-order valence-corrected chi connectivity index (χ2v) is 3.58. The average Bonchev–Trinajstić information content (AvgIpc) is 2.18. The highest BCUT2D eigenvalue weighted by molar-refractivity contribution is 5.37. The first kappa shape index (κ1) is 10.5. The maximum absolute atomic E-state index is 8.59. The molecule has 14 heavy (non-hydrogen) atoms. The lowest BCUT2D eigenvalue weighted by Gasteiger charge is -2.14. The molecule has 1 rings (SSSR count). The van der Waals surface area contributed by atoms with Gasteiger partial charge in [-0.25, -0.2) is 4.98 Å². The van der Waals surface area contributed by atoms with Gasteiger partial charge in [-0.15, -0.1) is 0 Å². The minimum Gasteiger partial charge on any atom is -0.363 e. The van der Waals surface area contributed by atoms with Crippen molar-refractivity contribution in [1.29, 1.82) is 5.26 Å². The molecule has 0 N–H and O–H groups in total. The fourth-order valence-electron chi connectivity index (χ4n) is 1.20. The zero-order valence-corrected chi connectivity index (χ0v) is 8.86. The van der Waals surface area contributed by atoms with E-state index in [1.54, 1.807) is 0 Å². The number of anilines is 1. The van der Waals surface area contributed by atoms with Gasteiger partial charge in [0, 0.05) is 32.1 Å². The topological polar surface area (TPSA) is 39.9 Å². The summed E-state index contributed by atoms with van der Waals surface area (Å²) in [5.74, 6) is 1.15. The second-order valence-electron chi connectivity index (χ2n) is 3.58. The van der Waals surface area contributed by atoms with Crippen LogP contribution in [0.15, 0.2) is 18.2 Å². The Hall–Kier alpha value is -1.56. The predicted octanol–water partition coefficient (Wildman–Crippen LogP) is 2.16. The van der Waals surface area contributed by atoms with Gasteiger partial charge in [-0.05, 0) is 12.1 Å². The molecule has 3 nitrogen and oxygen atoms in total. The van der Waals surface area contributed by atoms with Crippen LogP contribution in [-0.2, 0) is 0 Å². The molecule has 1 atom stereocenters. The lowest BCUT2D eigenvalue weighted by molar-refractivity contribution is 0.755. The van der Waals surface area contributed by atoms with E-state index in [9.17, 15) is 0 Å². The third-order valence-electron chi connectivity index (χ3n) is 2.12. The van der Waals surface area contributed by atoms with E-state index in [4.69, 9.17) is 5.26 Å². The number of nitriles is 1. The number of hydrogen-bond acceptors (Lipinski definition) is 3. The van der Waals surface area contributed by atoms with Crippen molar-refractivity contribution in [3.05, 3.63) is 23.9 Å². The molecule has 0 aliphatic carbocycles. The Balaban J connectivity index is 2.89. The van der Waals surface area contributed by atoms with Gasteiger partial charge in [0.2, 0.25) is 0 Å². The van der Waals surface area contributed by atoms with E-state index in [-0.39, 0.29) is 5.92 Å². The number of hydrogen-bond donors (Lipinski definition) is 0. The van der Waals surface area contributed by atoms with Crippen LogP contribution in [0.1, 0.15) is 25.0 Å². The predicted molar refractivity (Wildman–Crippen MR) is 57.2 cm³/mol. The van der Waals surface area contributed by atoms with Crippen LogP contribution in [0.4, 0.5) is 5.82 Å². The Morgan fingerprint density at radius 2 is 2.21 bits per heavy atom. The summed E-state index contributed by atoms with van der Waals surface area (Å²) in [6.07, 6.45) is 0.518. The van der Waals surface area contributed by atoms with E-state index < -0.39 is 0 Å². The van der Waals surface area contributed by atoms with Crippen LogP contribution in [0.2, 0.25) is 0 Å². The number of rotatable bonds is 3. The maximum atomic E-state index is 8.59. The molecule has 0 aromatic carbocycles. The Morgan fingerprint density at radius 1 is 1.50 bits per heavy atom. The molecule has 0 bridgehead atoms. The van der Waals surface area contributed by atoms with Gasteiger partial charge in [0.15, 0.2) is 0 Å². The second kappa shape index (κ2) is 4.61. The molecule has 0 aliphatic rings. The van der Waals surface area contributed by atoms with Gasteiger partial charge in [-0.3, -0.25) is 0 Å². The van der Waals surface area contributed by atoms with Crippen LogP contribution >= 0.6 is 0 Å². The zero-order valence-electron chi connectivity index (χ0n) is 8.86. The van der Waals surface area contributed by atoms with Crippen molar-refractivity contribution in [2.24, 2.45) is 0 Å². The van der Waals surface area contributed by atoms with E-state index in [2.05, 4.69) is 11.1 Å². The van der Waals surface area contributed by atoms with Gasteiger partial charge in [-0.2, -0.15) is 5.26 Å². The van der Waals surface area contributed by atoms with Crippen molar-refractivity contribution in [3.63, 3.8) is 0 Å². The van der Waals surface area contributed by atoms with Gasteiger partial charge < -0.3 is 4.90 Å². The van der Waals surface area contributed by atoms with Gasteiger partial charge in [0.1, 0.15) is 5.82 Å². The largest absolute Gasteiger partial charge is 0.363 e. The number of nitrogens with zero attached hydrogens (tertiary/aromatic N) is 3. The highest BCUT2D eigenvalue weighted by atomic mass is 15.1. The molecule has 0 aliphatic heterocycles. The number of pyridine rings is 1. The molecule has 1 heterocycles.